The Kier molecular flexibility index (Phi) is 5.23. The lowest BCUT2D eigenvalue weighted by molar-refractivity contribution is 0.414. The van der Waals surface area contributed by atoms with Crippen LogP contribution in [0.5, 0.6) is 5.75 Å². The maximum absolute atomic E-state index is 13.0. The molecule has 130 valence electrons. The van der Waals surface area contributed by atoms with Crippen LogP contribution in [0.1, 0.15) is 29.1 Å². The third kappa shape index (κ3) is 4.11. The number of nitrogens with two attached hydrogens (primary N) is 1. The molecule has 25 heavy (non-hydrogen) atoms. The molecule has 0 aliphatic carbocycles. The summed E-state index contributed by atoms with van der Waals surface area (Å²) in [6.45, 7) is 2.02. The quantitative estimate of drug-likeness (QED) is 0.539. The highest BCUT2D eigenvalue weighted by molar-refractivity contribution is 7.99. The zero-order valence-corrected chi connectivity index (χ0v) is 14.8. The van der Waals surface area contributed by atoms with Gasteiger partial charge in [-0.15, -0.1) is 10.2 Å². The van der Waals surface area contributed by atoms with Crippen LogP contribution in [0.4, 0.5) is 4.39 Å². The maximum atomic E-state index is 13.0. The smallest absolute Gasteiger partial charge is 0.210 e. The Bertz CT molecular complexity index is 833. The molecule has 5 nitrogen and oxygen atoms in total. The fraction of sp³-hybridized carbons (Fsp3) is 0.222. The lowest BCUT2D eigenvalue weighted by Crippen LogP contribution is -2.14. The Morgan fingerprint density at radius 1 is 1.12 bits per heavy atom. The molecule has 3 rings (SSSR count). The molecule has 0 saturated carbocycles. The van der Waals surface area contributed by atoms with Gasteiger partial charge >= 0.3 is 0 Å². The van der Waals surface area contributed by atoms with Crippen molar-refractivity contribution in [3.05, 3.63) is 71.3 Å². The highest BCUT2D eigenvalue weighted by Gasteiger charge is 2.15. The number of thioether (sulfide) groups is 1. The molecule has 1 aromatic heterocycles. The number of halogens is 1. The molecule has 7 heteroatoms. The normalized spacial score (nSPS) is 12.1. The molecule has 0 fully saturated rings. The summed E-state index contributed by atoms with van der Waals surface area (Å²) in [6, 6.07) is 14.2. The Balaban J connectivity index is 1.70. The number of nitrogen functional groups attached to an aromatic ring is 1. The lowest BCUT2D eigenvalue weighted by Gasteiger charge is -2.11. The second kappa shape index (κ2) is 7.57. The highest BCUT2D eigenvalue weighted by Crippen LogP contribution is 2.33. The predicted molar refractivity (Wildman–Crippen MR) is 96.6 cm³/mol. The number of hydrogen-bond donors (Lipinski definition) is 1. The lowest BCUT2D eigenvalue weighted by atomic mass is 10.1. The van der Waals surface area contributed by atoms with Gasteiger partial charge in [-0.3, -0.25) is 0 Å². The minimum absolute atomic E-state index is 0.0842. The molecule has 3 aromatic rings. The van der Waals surface area contributed by atoms with E-state index in [0.29, 0.717) is 17.4 Å². The second-order valence-electron chi connectivity index (χ2n) is 5.61. The number of rotatable bonds is 6. The highest BCUT2D eigenvalue weighted by atomic mass is 32.2. The average Bonchev–Trinajstić information content (AvgIpc) is 2.96. The zero-order chi connectivity index (χ0) is 17.8. The first-order chi connectivity index (χ1) is 12.1. The van der Waals surface area contributed by atoms with Gasteiger partial charge in [0.1, 0.15) is 11.6 Å². The first-order valence-electron chi connectivity index (χ1n) is 7.81. The molecule has 1 atom stereocenters. The Labute approximate surface area is 150 Å². The second-order valence-corrected chi connectivity index (χ2v) is 6.91. The van der Waals surface area contributed by atoms with Crippen LogP contribution in [0, 0.1) is 5.82 Å². The van der Waals surface area contributed by atoms with E-state index in [9.17, 15) is 4.39 Å². The molecule has 0 bridgehead atoms. The first kappa shape index (κ1) is 17.3. The van der Waals surface area contributed by atoms with Crippen molar-refractivity contribution in [3.63, 3.8) is 0 Å². The van der Waals surface area contributed by atoms with E-state index in [1.54, 1.807) is 19.2 Å². The third-order valence-corrected chi connectivity index (χ3v) is 4.99. The van der Waals surface area contributed by atoms with Crippen molar-refractivity contribution >= 4 is 11.8 Å². The molecule has 2 aromatic carbocycles. The summed E-state index contributed by atoms with van der Waals surface area (Å²) in [6.07, 6.45) is 0.582. The van der Waals surface area contributed by atoms with Crippen LogP contribution >= 0.6 is 11.8 Å². The zero-order valence-electron chi connectivity index (χ0n) is 14.0. The van der Waals surface area contributed by atoms with Crippen LogP contribution in [0.15, 0.2) is 53.7 Å². The monoisotopic (exact) mass is 358 g/mol. The van der Waals surface area contributed by atoms with E-state index in [2.05, 4.69) is 10.2 Å². The number of methoxy groups -OCH3 is 1. The SMILES string of the molecule is COc1ccc(Cc2nnc(S[C@@H](C)c3ccc(F)cc3)n2N)cc1. The Morgan fingerprint density at radius 3 is 2.44 bits per heavy atom. The molecule has 0 saturated heterocycles. The van der Waals surface area contributed by atoms with Gasteiger partial charge in [-0.25, -0.2) is 9.07 Å². The number of benzene rings is 2. The van der Waals surface area contributed by atoms with Crippen LogP contribution in [0.3, 0.4) is 0 Å². The third-order valence-electron chi connectivity index (χ3n) is 3.88. The summed E-state index contributed by atoms with van der Waals surface area (Å²) in [5, 5.41) is 9.08. The van der Waals surface area contributed by atoms with Crippen molar-refractivity contribution < 1.29 is 9.13 Å². The van der Waals surface area contributed by atoms with Crippen LogP contribution in [-0.2, 0) is 6.42 Å². The molecule has 0 unspecified atom stereocenters. The minimum Gasteiger partial charge on any atom is -0.497 e. The fourth-order valence-corrected chi connectivity index (χ4v) is 3.31. The largest absolute Gasteiger partial charge is 0.497 e. The van der Waals surface area contributed by atoms with E-state index in [1.165, 1.54) is 28.6 Å². The van der Waals surface area contributed by atoms with Gasteiger partial charge < -0.3 is 10.6 Å². The van der Waals surface area contributed by atoms with E-state index < -0.39 is 0 Å². The summed E-state index contributed by atoms with van der Waals surface area (Å²) < 4.78 is 19.7. The van der Waals surface area contributed by atoms with Gasteiger partial charge in [-0.2, -0.15) is 0 Å². The average molecular weight is 358 g/mol. The van der Waals surface area contributed by atoms with Crippen LogP contribution in [-0.4, -0.2) is 22.0 Å². The molecule has 0 aliphatic heterocycles. The van der Waals surface area contributed by atoms with Crippen molar-refractivity contribution in [1.29, 1.82) is 0 Å². The number of aromatic nitrogens is 3. The van der Waals surface area contributed by atoms with Gasteiger partial charge in [0.15, 0.2) is 5.82 Å². The Hall–Kier alpha value is -2.54. The summed E-state index contributed by atoms with van der Waals surface area (Å²) in [5.41, 5.74) is 2.08. The van der Waals surface area contributed by atoms with Crippen molar-refractivity contribution in [3.8, 4) is 5.75 Å². The van der Waals surface area contributed by atoms with Gasteiger partial charge in [-0.05, 0) is 42.3 Å². The van der Waals surface area contributed by atoms with Crippen LogP contribution < -0.4 is 10.6 Å². The molecule has 0 amide bonds. The molecule has 2 N–H and O–H groups in total. The predicted octanol–water partition coefficient (Wildman–Crippen LogP) is 3.58. The van der Waals surface area contributed by atoms with Crippen LogP contribution in [0.25, 0.3) is 0 Å². The summed E-state index contributed by atoms with van der Waals surface area (Å²) in [5.74, 6) is 7.39. The van der Waals surface area contributed by atoms with E-state index >= 15 is 0 Å². The van der Waals surface area contributed by atoms with Crippen LogP contribution in [0.2, 0.25) is 0 Å². The summed E-state index contributed by atoms with van der Waals surface area (Å²) >= 11 is 1.49. The topological polar surface area (TPSA) is 66.0 Å². The van der Waals surface area contributed by atoms with E-state index in [4.69, 9.17) is 10.6 Å². The van der Waals surface area contributed by atoms with Gasteiger partial charge in [-0.1, -0.05) is 36.0 Å². The fourth-order valence-electron chi connectivity index (χ4n) is 2.39. The van der Waals surface area contributed by atoms with E-state index in [0.717, 1.165) is 16.9 Å². The standard InChI is InChI=1S/C18H19FN4OS/c1-12(14-5-7-15(19)8-6-14)25-18-22-21-17(23(18)20)11-13-3-9-16(24-2)10-4-13/h3-10,12H,11,20H2,1-2H3/t12-/m0/s1. The first-order valence-corrected chi connectivity index (χ1v) is 8.69. The molecular formula is C18H19FN4OS. The maximum Gasteiger partial charge on any atom is 0.210 e. The number of ether oxygens (including phenoxy) is 1. The number of nitrogens with zero attached hydrogens (tertiary/aromatic N) is 3. The molecule has 1 heterocycles. The van der Waals surface area contributed by atoms with Gasteiger partial charge in [0.05, 0.1) is 7.11 Å². The molecule has 0 aliphatic rings. The summed E-state index contributed by atoms with van der Waals surface area (Å²) in [7, 11) is 1.64. The Morgan fingerprint density at radius 2 is 1.80 bits per heavy atom. The molecule has 0 radical (unpaired) electrons. The van der Waals surface area contributed by atoms with Crippen molar-refractivity contribution in [2.45, 2.75) is 23.8 Å². The van der Waals surface area contributed by atoms with Crippen molar-refractivity contribution in [2.24, 2.45) is 0 Å². The van der Waals surface area contributed by atoms with Gasteiger partial charge in [0, 0.05) is 11.7 Å². The van der Waals surface area contributed by atoms with Gasteiger partial charge in [0.25, 0.3) is 0 Å². The van der Waals surface area contributed by atoms with Gasteiger partial charge in [0.2, 0.25) is 5.16 Å². The van der Waals surface area contributed by atoms with Crippen molar-refractivity contribution in [1.82, 2.24) is 14.9 Å². The van der Waals surface area contributed by atoms with Crippen molar-refractivity contribution in [2.75, 3.05) is 13.0 Å². The van der Waals surface area contributed by atoms with E-state index in [1.807, 2.05) is 31.2 Å². The molecule has 0 spiro atoms. The molecular weight excluding hydrogens is 339 g/mol. The van der Waals surface area contributed by atoms with E-state index in [-0.39, 0.29) is 11.1 Å². The summed E-state index contributed by atoms with van der Waals surface area (Å²) in [4.78, 5) is 0. The minimum atomic E-state index is -0.246. The number of hydrogen-bond acceptors (Lipinski definition) is 5.